The van der Waals surface area contributed by atoms with Gasteiger partial charge in [0.1, 0.15) is 17.3 Å². The second-order valence-electron chi connectivity index (χ2n) is 6.94. The molecule has 1 aliphatic heterocycles. The van der Waals surface area contributed by atoms with E-state index in [0.717, 1.165) is 47.1 Å². The standard InChI is InChI=1S/C22H21N5O/c23-21-19-12-13-20(26-14-4-5-15-26)24-22(19)27(25-21)16-8-10-18(11-9-16)28-17-6-2-1-3-7-17/h1-3,6-13H,4-5,14-15H2,(H2,23,25). The fraction of sp³-hybridized carbons (Fsp3) is 0.182. The molecule has 5 rings (SSSR count). The number of anilines is 2. The SMILES string of the molecule is Nc1nn(-c2ccc(Oc3ccccc3)cc2)c2nc(N3CCCC3)ccc12. The highest BCUT2D eigenvalue weighted by atomic mass is 16.5. The third-order valence-corrected chi connectivity index (χ3v) is 5.03. The van der Waals surface area contributed by atoms with Crippen molar-refractivity contribution < 1.29 is 4.74 Å². The average Bonchev–Trinajstić information content (AvgIpc) is 3.38. The van der Waals surface area contributed by atoms with E-state index in [1.165, 1.54) is 12.8 Å². The first-order chi connectivity index (χ1) is 13.8. The average molecular weight is 371 g/mol. The third-order valence-electron chi connectivity index (χ3n) is 5.03. The Morgan fingerprint density at radius 3 is 2.29 bits per heavy atom. The van der Waals surface area contributed by atoms with Crippen molar-refractivity contribution in [2.75, 3.05) is 23.7 Å². The predicted molar refractivity (Wildman–Crippen MR) is 111 cm³/mol. The van der Waals surface area contributed by atoms with E-state index in [9.17, 15) is 0 Å². The van der Waals surface area contributed by atoms with Crippen LogP contribution < -0.4 is 15.4 Å². The summed E-state index contributed by atoms with van der Waals surface area (Å²) < 4.78 is 7.67. The Kier molecular flexibility index (Phi) is 4.09. The summed E-state index contributed by atoms with van der Waals surface area (Å²) in [4.78, 5) is 7.17. The van der Waals surface area contributed by atoms with Crippen molar-refractivity contribution in [3.05, 3.63) is 66.7 Å². The summed E-state index contributed by atoms with van der Waals surface area (Å²) in [5, 5.41) is 5.38. The van der Waals surface area contributed by atoms with Crippen molar-refractivity contribution in [2.24, 2.45) is 0 Å². The molecule has 0 radical (unpaired) electrons. The van der Waals surface area contributed by atoms with Gasteiger partial charge in [-0.2, -0.15) is 0 Å². The summed E-state index contributed by atoms with van der Waals surface area (Å²) >= 11 is 0. The van der Waals surface area contributed by atoms with Crippen LogP contribution in [0.25, 0.3) is 16.7 Å². The molecule has 0 spiro atoms. The minimum Gasteiger partial charge on any atom is -0.457 e. The molecule has 0 amide bonds. The number of nitrogen functional groups attached to an aromatic ring is 1. The highest BCUT2D eigenvalue weighted by Crippen LogP contribution is 2.28. The van der Waals surface area contributed by atoms with Crippen LogP contribution in [0, 0.1) is 0 Å². The molecule has 1 saturated heterocycles. The maximum absolute atomic E-state index is 6.14. The first kappa shape index (κ1) is 16.6. The van der Waals surface area contributed by atoms with E-state index < -0.39 is 0 Å². The number of ether oxygens (including phenoxy) is 1. The molecule has 2 aromatic carbocycles. The van der Waals surface area contributed by atoms with Crippen LogP contribution in [0.2, 0.25) is 0 Å². The van der Waals surface area contributed by atoms with E-state index in [1.54, 1.807) is 4.68 Å². The van der Waals surface area contributed by atoms with Crippen LogP contribution in [0.4, 0.5) is 11.6 Å². The van der Waals surface area contributed by atoms with Gasteiger partial charge in [0.2, 0.25) is 0 Å². The van der Waals surface area contributed by atoms with Gasteiger partial charge in [-0.05, 0) is 61.4 Å². The largest absolute Gasteiger partial charge is 0.457 e. The minimum atomic E-state index is 0.486. The lowest BCUT2D eigenvalue weighted by molar-refractivity contribution is 0.482. The molecule has 0 unspecified atom stereocenters. The molecule has 2 aromatic heterocycles. The molecule has 1 aliphatic rings. The van der Waals surface area contributed by atoms with Crippen LogP contribution >= 0.6 is 0 Å². The molecule has 0 saturated carbocycles. The highest BCUT2D eigenvalue weighted by Gasteiger charge is 2.17. The molecule has 6 heteroatoms. The Balaban J connectivity index is 1.48. The molecule has 0 aliphatic carbocycles. The Morgan fingerprint density at radius 1 is 0.821 bits per heavy atom. The minimum absolute atomic E-state index is 0.486. The van der Waals surface area contributed by atoms with Gasteiger partial charge < -0.3 is 15.4 Å². The summed E-state index contributed by atoms with van der Waals surface area (Å²) in [7, 11) is 0. The molecular formula is C22H21N5O. The molecule has 140 valence electrons. The summed E-state index contributed by atoms with van der Waals surface area (Å²) in [5.74, 6) is 3.04. The molecule has 4 aromatic rings. The Bertz CT molecular complexity index is 1100. The number of hydrogen-bond acceptors (Lipinski definition) is 5. The van der Waals surface area contributed by atoms with E-state index in [1.807, 2.05) is 66.7 Å². The quantitative estimate of drug-likeness (QED) is 0.576. The second kappa shape index (κ2) is 6.88. The van der Waals surface area contributed by atoms with Crippen molar-refractivity contribution in [3.8, 4) is 17.2 Å². The van der Waals surface area contributed by atoms with Gasteiger partial charge in [-0.25, -0.2) is 9.67 Å². The normalized spacial score (nSPS) is 13.9. The monoisotopic (exact) mass is 371 g/mol. The summed E-state index contributed by atoms with van der Waals surface area (Å²) in [6, 6.07) is 21.6. The van der Waals surface area contributed by atoms with Gasteiger partial charge >= 0.3 is 0 Å². The number of aromatic nitrogens is 3. The van der Waals surface area contributed by atoms with Gasteiger partial charge in [0, 0.05) is 13.1 Å². The van der Waals surface area contributed by atoms with Crippen LogP contribution in [-0.2, 0) is 0 Å². The van der Waals surface area contributed by atoms with Crippen LogP contribution in [0.1, 0.15) is 12.8 Å². The number of pyridine rings is 1. The fourth-order valence-electron chi connectivity index (χ4n) is 3.59. The molecule has 3 heterocycles. The van der Waals surface area contributed by atoms with Crippen molar-refractivity contribution >= 4 is 22.7 Å². The fourth-order valence-corrected chi connectivity index (χ4v) is 3.59. The number of rotatable bonds is 4. The summed E-state index contributed by atoms with van der Waals surface area (Å²) in [5.41, 5.74) is 7.81. The van der Waals surface area contributed by atoms with Crippen molar-refractivity contribution in [1.82, 2.24) is 14.8 Å². The molecule has 2 N–H and O–H groups in total. The number of para-hydroxylation sites is 1. The Morgan fingerprint density at radius 2 is 1.54 bits per heavy atom. The van der Waals surface area contributed by atoms with Gasteiger partial charge in [-0.15, -0.1) is 5.10 Å². The van der Waals surface area contributed by atoms with Crippen molar-refractivity contribution in [3.63, 3.8) is 0 Å². The van der Waals surface area contributed by atoms with Crippen LogP contribution in [-0.4, -0.2) is 27.9 Å². The number of fused-ring (bicyclic) bond motifs is 1. The van der Waals surface area contributed by atoms with Gasteiger partial charge in [0.15, 0.2) is 11.5 Å². The zero-order valence-corrected chi connectivity index (χ0v) is 15.5. The lowest BCUT2D eigenvalue weighted by Gasteiger charge is -2.16. The third kappa shape index (κ3) is 3.03. The number of hydrogen-bond donors (Lipinski definition) is 1. The molecule has 0 atom stereocenters. The van der Waals surface area contributed by atoms with Gasteiger partial charge in [-0.1, -0.05) is 18.2 Å². The smallest absolute Gasteiger partial charge is 0.167 e. The first-order valence-electron chi connectivity index (χ1n) is 9.51. The Hall–Kier alpha value is -3.54. The van der Waals surface area contributed by atoms with E-state index in [4.69, 9.17) is 15.5 Å². The molecule has 0 bridgehead atoms. The summed E-state index contributed by atoms with van der Waals surface area (Å²) in [6.07, 6.45) is 2.42. The zero-order chi connectivity index (χ0) is 18.9. The number of nitrogens with two attached hydrogens (primary N) is 1. The van der Waals surface area contributed by atoms with Crippen molar-refractivity contribution in [1.29, 1.82) is 0 Å². The van der Waals surface area contributed by atoms with Gasteiger partial charge in [-0.3, -0.25) is 0 Å². The van der Waals surface area contributed by atoms with Crippen molar-refractivity contribution in [2.45, 2.75) is 12.8 Å². The lowest BCUT2D eigenvalue weighted by atomic mass is 10.3. The second-order valence-corrected chi connectivity index (χ2v) is 6.94. The highest BCUT2D eigenvalue weighted by molar-refractivity contribution is 5.88. The topological polar surface area (TPSA) is 69.2 Å². The van der Waals surface area contributed by atoms with E-state index in [0.29, 0.717) is 5.82 Å². The summed E-state index contributed by atoms with van der Waals surface area (Å²) in [6.45, 7) is 2.10. The molecular weight excluding hydrogens is 350 g/mol. The van der Waals surface area contributed by atoms with Crippen LogP contribution in [0.15, 0.2) is 66.7 Å². The van der Waals surface area contributed by atoms with E-state index in [-0.39, 0.29) is 0 Å². The van der Waals surface area contributed by atoms with E-state index >= 15 is 0 Å². The van der Waals surface area contributed by atoms with Crippen LogP contribution in [0.3, 0.4) is 0 Å². The number of benzene rings is 2. The maximum Gasteiger partial charge on any atom is 0.167 e. The van der Waals surface area contributed by atoms with E-state index in [2.05, 4.69) is 10.00 Å². The lowest BCUT2D eigenvalue weighted by Crippen LogP contribution is -2.19. The first-order valence-corrected chi connectivity index (χ1v) is 9.51. The zero-order valence-electron chi connectivity index (χ0n) is 15.5. The maximum atomic E-state index is 6.14. The van der Waals surface area contributed by atoms with Gasteiger partial charge in [0.05, 0.1) is 11.1 Å². The molecule has 6 nitrogen and oxygen atoms in total. The number of nitrogens with zero attached hydrogens (tertiary/aromatic N) is 4. The predicted octanol–water partition coefficient (Wildman–Crippen LogP) is 4.40. The molecule has 1 fully saturated rings. The van der Waals surface area contributed by atoms with Gasteiger partial charge in [0.25, 0.3) is 0 Å². The molecule has 28 heavy (non-hydrogen) atoms. The van der Waals surface area contributed by atoms with Crippen LogP contribution in [0.5, 0.6) is 11.5 Å². The Labute approximate surface area is 163 Å².